The van der Waals surface area contributed by atoms with Gasteiger partial charge in [0.1, 0.15) is 18.1 Å². The second-order valence-corrected chi connectivity index (χ2v) is 9.78. The zero-order valence-corrected chi connectivity index (χ0v) is 22.8. The molecule has 8 heteroatoms. The highest BCUT2D eigenvalue weighted by molar-refractivity contribution is 7.07. The first kappa shape index (κ1) is 26.7. The van der Waals surface area contributed by atoms with Gasteiger partial charge in [-0.25, -0.2) is 9.79 Å². The largest absolute Gasteiger partial charge is 0.497 e. The van der Waals surface area contributed by atoms with Crippen LogP contribution in [0.25, 0.3) is 11.8 Å². The Labute approximate surface area is 235 Å². The van der Waals surface area contributed by atoms with E-state index in [9.17, 15) is 9.59 Å². The van der Waals surface area contributed by atoms with E-state index in [0.717, 1.165) is 11.1 Å². The Balaban J connectivity index is 1.75. The molecule has 5 rings (SSSR count). The van der Waals surface area contributed by atoms with Crippen molar-refractivity contribution in [3.8, 4) is 23.8 Å². The zero-order chi connectivity index (χ0) is 28.1. The molecule has 4 aromatic rings. The van der Waals surface area contributed by atoms with Gasteiger partial charge in [-0.3, -0.25) is 9.36 Å². The number of esters is 1. The second kappa shape index (κ2) is 11.9. The number of methoxy groups -OCH3 is 1. The number of terminal acetylenes is 1. The van der Waals surface area contributed by atoms with Crippen LogP contribution < -0.4 is 24.4 Å². The number of hydrogen-bond donors (Lipinski definition) is 0. The molecule has 0 unspecified atom stereocenters. The third kappa shape index (κ3) is 5.33. The molecule has 0 amide bonds. The molecule has 3 aromatic carbocycles. The molecule has 1 aliphatic rings. The molecule has 0 saturated heterocycles. The number of hydrogen-bond acceptors (Lipinski definition) is 7. The molecule has 2 heterocycles. The van der Waals surface area contributed by atoms with Gasteiger partial charge < -0.3 is 14.2 Å². The minimum atomic E-state index is -0.776. The van der Waals surface area contributed by atoms with E-state index in [0.29, 0.717) is 32.1 Å². The fourth-order valence-corrected chi connectivity index (χ4v) is 5.50. The molecule has 0 aliphatic carbocycles. The lowest BCUT2D eigenvalue weighted by Crippen LogP contribution is -2.40. The van der Waals surface area contributed by atoms with Gasteiger partial charge in [-0.1, -0.05) is 71.9 Å². The summed E-state index contributed by atoms with van der Waals surface area (Å²) < 4.78 is 18.5. The van der Waals surface area contributed by atoms with Crippen LogP contribution in [0.3, 0.4) is 0 Å². The minimum Gasteiger partial charge on any atom is -0.497 e. The molecule has 1 aromatic heterocycles. The Morgan fingerprint density at radius 3 is 2.55 bits per heavy atom. The van der Waals surface area contributed by atoms with Crippen molar-refractivity contribution < 1.29 is 19.0 Å². The van der Waals surface area contributed by atoms with Crippen molar-refractivity contribution in [2.75, 3.05) is 20.3 Å². The number of nitrogens with zero attached hydrogens (tertiary/aromatic N) is 2. The number of aromatic nitrogens is 1. The van der Waals surface area contributed by atoms with Gasteiger partial charge in [0.05, 0.1) is 35.6 Å². The molecule has 0 N–H and O–H groups in total. The molecule has 0 radical (unpaired) electrons. The first-order valence-corrected chi connectivity index (χ1v) is 13.4. The van der Waals surface area contributed by atoms with Crippen molar-refractivity contribution in [3.63, 3.8) is 0 Å². The Morgan fingerprint density at radius 1 is 1.07 bits per heavy atom. The van der Waals surface area contributed by atoms with Gasteiger partial charge in [-0.2, -0.15) is 0 Å². The third-order valence-electron chi connectivity index (χ3n) is 6.28. The normalized spacial score (nSPS) is 14.6. The van der Waals surface area contributed by atoms with Crippen LogP contribution in [0, 0.1) is 12.3 Å². The van der Waals surface area contributed by atoms with Gasteiger partial charge in [0, 0.05) is 5.56 Å². The van der Waals surface area contributed by atoms with Crippen molar-refractivity contribution >= 4 is 29.1 Å². The number of carbonyl (C=O) groups excluding carboxylic acids is 1. The molecule has 0 fully saturated rings. The van der Waals surface area contributed by atoms with E-state index in [1.54, 1.807) is 36.8 Å². The molecule has 40 heavy (non-hydrogen) atoms. The Morgan fingerprint density at radius 2 is 1.85 bits per heavy atom. The Hall–Kier alpha value is -4.87. The summed E-state index contributed by atoms with van der Waals surface area (Å²) in [5.41, 5.74) is 2.75. The van der Waals surface area contributed by atoms with Gasteiger partial charge in [-0.05, 0) is 48.4 Å². The fraction of sp³-hybridized carbons (Fsp3) is 0.156. The first-order chi connectivity index (χ1) is 19.5. The molecule has 0 bridgehead atoms. The highest BCUT2D eigenvalue weighted by Gasteiger charge is 2.35. The monoisotopic (exact) mass is 550 g/mol. The summed E-state index contributed by atoms with van der Waals surface area (Å²) in [5, 5.41) is 0. The van der Waals surface area contributed by atoms with E-state index < -0.39 is 12.0 Å². The Kier molecular flexibility index (Phi) is 7.94. The number of ether oxygens (including phenoxy) is 3. The van der Waals surface area contributed by atoms with E-state index in [4.69, 9.17) is 25.6 Å². The lowest BCUT2D eigenvalue weighted by atomic mass is 9.93. The molecule has 1 atom stereocenters. The van der Waals surface area contributed by atoms with Gasteiger partial charge in [0.2, 0.25) is 0 Å². The van der Waals surface area contributed by atoms with Crippen molar-refractivity contribution in [3.05, 3.63) is 121 Å². The smallest absolute Gasteiger partial charge is 0.338 e. The van der Waals surface area contributed by atoms with E-state index in [1.165, 1.54) is 11.3 Å². The van der Waals surface area contributed by atoms with Gasteiger partial charge in [0.15, 0.2) is 4.80 Å². The van der Waals surface area contributed by atoms with Crippen LogP contribution in [-0.4, -0.2) is 30.9 Å². The SMILES string of the molecule is C#CCOc1ccc(/C=c2\sc3n(c2=O)[C@@H](c2cccc(OC)c2)C(C(=O)OCC)=C(c2ccccc2)N=3)cc1. The van der Waals surface area contributed by atoms with Crippen molar-refractivity contribution in [1.29, 1.82) is 0 Å². The zero-order valence-electron chi connectivity index (χ0n) is 22.0. The van der Waals surface area contributed by atoms with Crippen molar-refractivity contribution in [2.45, 2.75) is 13.0 Å². The van der Waals surface area contributed by atoms with Gasteiger partial charge in [0.25, 0.3) is 5.56 Å². The number of fused-ring (bicyclic) bond motifs is 1. The molecule has 200 valence electrons. The third-order valence-corrected chi connectivity index (χ3v) is 7.27. The highest BCUT2D eigenvalue weighted by atomic mass is 32.1. The predicted octanol–water partition coefficient (Wildman–Crippen LogP) is 3.96. The number of rotatable bonds is 8. The van der Waals surface area contributed by atoms with E-state index in [-0.39, 0.29) is 24.3 Å². The van der Waals surface area contributed by atoms with Crippen LogP contribution in [0.2, 0.25) is 0 Å². The maximum atomic E-state index is 14.0. The summed E-state index contributed by atoms with van der Waals surface area (Å²) in [5.74, 6) is 3.15. The molecule has 0 saturated carbocycles. The average molecular weight is 551 g/mol. The summed E-state index contributed by atoms with van der Waals surface area (Å²) in [4.78, 5) is 32.8. The lowest BCUT2D eigenvalue weighted by Gasteiger charge is -2.26. The highest BCUT2D eigenvalue weighted by Crippen LogP contribution is 2.36. The number of benzene rings is 3. The molecule has 0 spiro atoms. The number of thiazole rings is 1. The van der Waals surface area contributed by atoms with Crippen LogP contribution in [-0.2, 0) is 9.53 Å². The molecule has 1 aliphatic heterocycles. The van der Waals surface area contributed by atoms with Gasteiger partial charge >= 0.3 is 5.97 Å². The number of carbonyl (C=O) groups is 1. The minimum absolute atomic E-state index is 0.175. The second-order valence-electron chi connectivity index (χ2n) is 8.77. The van der Waals surface area contributed by atoms with Crippen LogP contribution in [0.4, 0.5) is 0 Å². The summed E-state index contributed by atoms with van der Waals surface area (Å²) in [6.45, 7) is 2.11. The van der Waals surface area contributed by atoms with Crippen LogP contribution in [0.1, 0.15) is 29.7 Å². The van der Waals surface area contributed by atoms with Crippen molar-refractivity contribution in [2.24, 2.45) is 4.99 Å². The topological polar surface area (TPSA) is 79.1 Å². The summed E-state index contributed by atoms with van der Waals surface area (Å²) >= 11 is 1.26. The van der Waals surface area contributed by atoms with Crippen LogP contribution in [0.15, 0.2) is 94.2 Å². The Bertz CT molecular complexity index is 1790. The van der Waals surface area contributed by atoms with Crippen LogP contribution in [0.5, 0.6) is 11.5 Å². The summed E-state index contributed by atoms with van der Waals surface area (Å²) in [6.07, 6.45) is 7.07. The summed E-state index contributed by atoms with van der Waals surface area (Å²) in [7, 11) is 1.57. The predicted molar refractivity (Wildman–Crippen MR) is 155 cm³/mol. The molecular weight excluding hydrogens is 524 g/mol. The average Bonchev–Trinajstić information content (AvgIpc) is 3.30. The maximum absolute atomic E-state index is 14.0. The van der Waals surface area contributed by atoms with E-state index in [2.05, 4.69) is 5.92 Å². The maximum Gasteiger partial charge on any atom is 0.338 e. The fourth-order valence-electron chi connectivity index (χ4n) is 4.50. The van der Waals surface area contributed by atoms with E-state index >= 15 is 0 Å². The summed E-state index contributed by atoms with van der Waals surface area (Å²) in [6, 6.07) is 23.3. The quantitative estimate of drug-likeness (QED) is 0.245. The molecular formula is C32H26N2O5S. The standard InChI is InChI=1S/C32H26N2O5S/c1-4-18-39-24-16-14-21(15-17-24)19-26-30(35)34-29(23-12-9-13-25(20-23)37-3)27(31(36)38-5-2)28(33-32(34)40-26)22-10-7-6-8-11-22/h1,6-17,19-20,29H,5,18H2,2-3H3/b26-19-/t29-/m0/s1. The van der Waals surface area contributed by atoms with E-state index in [1.807, 2.05) is 66.7 Å². The van der Waals surface area contributed by atoms with Gasteiger partial charge in [-0.15, -0.1) is 6.42 Å². The lowest BCUT2D eigenvalue weighted by molar-refractivity contribution is -0.138. The van der Waals surface area contributed by atoms with Crippen LogP contribution >= 0.6 is 11.3 Å². The van der Waals surface area contributed by atoms with Crippen molar-refractivity contribution in [1.82, 2.24) is 4.57 Å². The first-order valence-electron chi connectivity index (χ1n) is 12.6. The molecule has 7 nitrogen and oxygen atoms in total.